The van der Waals surface area contributed by atoms with Gasteiger partial charge in [-0.2, -0.15) is 4.37 Å². The van der Waals surface area contributed by atoms with E-state index in [9.17, 15) is 4.79 Å². The van der Waals surface area contributed by atoms with E-state index in [0.29, 0.717) is 12.0 Å². The maximum Gasteiger partial charge on any atom is 0.258 e. The Morgan fingerprint density at radius 3 is 2.78 bits per heavy atom. The van der Waals surface area contributed by atoms with Gasteiger partial charge in [-0.25, -0.2) is 0 Å². The molecule has 128 valence electrons. The highest BCUT2D eigenvalue weighted by atomic mass is 32.1. The first-order valence-corrected chi connectivity index (χ1v) is 9.18. The summed E-state index contributed by atoms with van der Waals surface area (Å²) < 4.78 is 9.80. The molecule has 23 heavy (non-hydrogen) atoms. The van der Waals surface area contributed by atoms with Gasteiger partial charge in [0.2, 0.25) is 0 Å². The highest BCUT2D eigenvalue weighted by molar-refractivity contribution is 7.10. The van der Waals surface area contributed by atoms with Crippen LogP contribution in [0.3, 0.4) is 0 Å². The highest BCUT2D eigenvalue weighted by Gasteiger charge is 2.39. The second-order valence-electron chi connectivity index (χ2n) is 6.32. The average molecular weight is 338 g/mol. The van der Waals surface area contributed by atoms with Crippen LogP contribution in [0.4, 0.5) is 5.00 Å². The number of hydrogen-bond acceptors (Lipinski definition) is 6. The van der Waals surface area contributed by atoms with Gasteiger partial charge in [0.15, 0.2) is 0 Å². The van der Waals surface area contributed by atoms with E-state index in [-0.39, 0.29) is 5.91 Å². The molecular weight excluding hydrogens is 312 g/mol. The minimum absolute atomic E-state index is 0.120. The normalized spacial score (nSPS) is 25.8. The lowest BCUT2D eigenvalue weighted by atomic mass is 9.99. The molecule has 0 spiro atoms. The van der Waals surface area contributed by atoms with Crippen LogP contribution in [0.2, 0.25) is 0 Å². The molecule has 2 saturated heterocycles. The molecule has 1 amide bonds. The highest BCUT2D eigenvalue weighted by Crippen LogP contribution is 2.30. The number of amides is 1. The summed E-state index contributed by atoms with van der Waals surface area (Å²) in [4.78, 5) is 17.5. The van der Waals surface area contributed by atoms with Crippen LogP contribution in [0.15, 0.2) is 0 Å². The van der Waals surface area contributed by atoms with Crippen LogP contribution in [0.25, 0.3) is 0 Å². The predicted molar refractivity (Wildman–Crippen MR) is 92.3 cm³/mol. The van der Waals surface area contributed by atoms with Gasteiger partial charge in [-0.3, -0.25) is 9.69 Å². The van der Waals surface area contributed by atoms with E-state index >= 15 is 0 Å². The van der Waals surface area contributed by atoms with Gasteiger partial charge >= 0.3 is 0 Å². The van der Waals surface area contributed by atoms with Crippen molar-refractivity contribution in [2.75, 3.05) is 51.8 Å². The van der Waals surface area contributed by atoms with Crippen molar-refractivity contribution in [3.05, 3.63) is 11.3 Å². The van der Waals surface area contributed by atoms with E-state index in [1.807, 2.05) is 18.9 Å². The van der Waals surface area contributed by atoms with Gasteiger partial charge in [0.25, 0.3) is 5.91 Å². The smallest absolute Gasteiger partial charge is 0.258 e. The summed E-state index contributed by atoms with van der Waals surface area (Å²) in [6.45, 7) is 9.36. The Kier molecular flexibility index (Phi) is 5.18. The first-order valence-electron chi connectivity index (χ1n) is 8.40. The van der Waals surface area contributed by atoms with Crippen LogP contribution < -0.4 is 5.32 Å². The van der Waals surface area contributed by atoms with E-state index < -0.39 is 0 Å². The van der Waals surface area contributed by atoms with E-state index in [1.165, 1.54) is 11.5 Å². The molecule has 2 fully saturated rings. The van der Waals surface area contributed by atoms with Crippen molar-refractivity contribution in [2.45, 2.75) is 26.3 Å². The first-order chi connectivity index (χ1) is 11.2. The van der Waals surface area contributed by atoms with E-state index in [4.69, 9.17) is 4.74 Å². The minimum atomic E-state index is 0.120. The van der Waals surface area contributed by atoms with Gasteiger partial charge in [0.1, 0.15) is 5.00 Å². The molecule has 0 unspecified atom stereocenters. The average Bonchev–Trinajstić information content (AvgIpc) is 3.18. The van der Waals surface area contributed by atoms with Crippen molar-refractivity contribution in [1.29, 1.82) is 0 Å². The van der Waals surface area contributed by atoms with E-state index in [0.717, 1.165) is 62.1 Å². The van der Waals surface area contributed by atoms with Crippen LogP contribution >= 0.6 is 11.5 Å². The van der Waals surface area contributed by atoms with Crippen molar-refractivity contribution in [1.82, 2.24) is 14.2 Å². The molecular formula is C16H26N4O2S. The van der Waals surface area contributed by atoms with Gasteiger partial charge in [-0.15, -0.1) is 0 Å². The summed E-state index contributed by atoms with van der Waals surface area (Å²) >= 11 is 1.36. The third-order valence-corrected chi connectivity index (χ3v) is 5.99. The van der Waals surface area contributed by atoms with Gasteiger partial charge in [-0.05, 0) is 24.4 Å². The summed E-state index contributed by atoms with van der Waals surface area (Å²) in [6.07, 6.45) is 1.10. The minimum Gasteiger partial charge on any atom is -0.379 e. The van der Waals surface area contributed by atoms with E-state index in [1.54, 1.807) is 0 Å². The fourth-order valence-electron chi connectivity index (χ4n) is 3.69. The summed E-state index contributed by atoms with van der Waals surface area (Å²) in [6, 6.07) is 0.456. The van der Waals surface area contributed by atoms with E-state index in [2.05, 4.69) is 21.5 Å². The van der Waals surface area contributed by atoms with Crippen molar-refractivity contribution >= 4 is 22.4 Å². The monoisotopic (exact) mass is 338 g/mol. The molecule has 3 heterocycles. The lowest BCUT2D eigenvalue weighted by molar-refractivity contribution is 0.0103. The Labute approximate surface area is 142 Å². The number of carbonyl (C=O) groups excluding carboxylic acids is 1. The second kappa shape index (κ2) is 7.15. The molecule has 2 atom stereocenters. The molecule has 7 heteroatoms. The quantitative estimate of drug-likeness (QED) is 0.905. The summed E-state index contributed by atoms with van der Waals surface area (Å²) in [5, 5.41) is 3.97. The largest absolute Gasteiger partial charge is 0.379 e. The Morgan fingerprint density at radius 2 is 2.13 bits per heavy atom. The fraction of sp³-hybridized carbons (Fsp3) is 0.750. The van der Waals surface area contributed by atoms with Gasteiger partial charge in [0, 0.05) is 39.3 Å². The van der Waals surface area contributed by atoms with Crippen molar-refractivity contribution < 1.29 is 9.53 Å². The SMILES string of the molecule is CC[C@H]1CN(C(=O)c2c(C)nsc2NC)C[C@@H]1N1CCOCC1. The fourth-order valence-corrected chi connectivity index (χ4v) is 4.43. The molecule has 0 saturated carbocycles. The lowest BCUT2D eigenvalue weighted by Crippen LogP contribution is -2.47. The lowest BCUT2D eigenvalue weighted by Gasteiger charge is -2.34. The maximum absolute atomic E-state index is 13.0. The number of likely N-dealkylation sites (tertiary alicyclic amines) is 1. The Bertz CT molecular complexity index is 556. The first kappa shape index (κ1) is 16.7. The maximum atomic E-state index is 13.0. The Balaban J connectivity index is 1.76. The molecule has 6 nitrogen and oxygen atoms in total. The molecule has 0 radical (unpaired) electrons. The molecule has 2 aliphatic rings. The van der Waals surface area contributed by atoms with Crippen molar-refractivity contribution in [3.8, 4) is 0 Å². The molecule has 0 aromatic carbocycles. The zero-order valence-corrected chi connectivity index (χ0v) is 15.0. The Hall–Kier alpha value is -1.18. The number of morpholine rings is 1. The topological polar surface area (TPSA) is 57.7 Å². The number of anilines is 1. The summed E-state index contributed by atoms with van der Waals surface area (Å²) in [7, 11) is 1.85. The second-order valence-corrected chi connectivity index (χ2v) is 7.09. The number of rotatable bonds is 4. The van der Waals surface area contributed by atoms with Gasteiger partial charge < -0.3 is 15.0 Å². The van der Waals surface area contributed by atoms with Crippen molar-refractivity contribution in [3.63, 3.8) is 0 Å². The van der Waals surface area contributed by atoms with Crippen molar-refractivity contribution in [2.24, 2.45) is 5.92 Å². The summed E-state index contributed by atoms with van der Waals surface area (Å²) in [5.74, 6) is 0.664. The number of aryl methyl sites for hydroxylation is 1. The summed E-state index contributed by atoms with van der Waals surface area (Å²) in [5.41, 5.74) is 1.57. The van der Waals surface area contributed by atoms with Crippen LogP contribution in [0, 0.1) is 12.8 Å². The van der Waals surface area contributed by atoms with Crippen LogP contribution in [-0.4, -0.2) is 72.6 Å². The van der Waals surface area contributed by atoms with Crippen LogP contribution in [0.1, 0.15) is 29.4 Å². The zero-order valence-electron chi connectivity index (χ0n) is 14.2. The molecule has 2 aliphatic heterocycles. The number of ether oxygens (including phenoxy) is 1. The Morgan fingerprint density at radius 1 is 1.39 bits per heavy atom. The number of hydrogen-bond donors (Lipinski definition) is 1. The molecule has 0 bridgehead atoms. The zero-order chi connectivity index (χ0) is 16.4. The predicted octanol–water partition coefficient (Wildman–Crippen LogP) is 1.68. The molecule has 3 rings (SSSR count). The van der Waals surface area contributed by atoms with Crippen LogP contribution in [0.5, 0.6) is 0 Å². The molecule has 1 N–H and O–H groups in total. The molecule has 1 aromatic heterocycles. The standard InChI is InChI=1S/C16H26N4O2S/c1-4-12-9-20(10-13(12)19-5-7-22-8-6-19)16(21)14-11(2)18-23-15(14)17-3/h12-13,17H,4-10H2,1-3H3/t12-,13-/m0/s1. The van der Waals surface area contributed by atoms with Gasteiger partial charge in [0.05, 0.1) is 24.5 Å². The van der Waals surface area contributed by atoms with Crippen LogP contribution in [-0.2, 0) is 4.74 Å². The van der Waals surface area contributed by atoms with Gasteiger partial charge in [-0.1, -0.05) is 13.3 Å². The number of nitrogens with one attached hydrogen (secondary N) is 1. The third-order valence-electron chi connectivity index (χ3n) is 5.04. The third kappa shape index (κ3) is 3.22. The number of carbonyl (C=O) groups is 1. The molecule has 0 aliphatic carbocycles. The number of aromatic nitrogens is 1. The molecule has 1 aromatic rings. The number of nitrogens with zero attached hydrogens (tertiary/aromatic N) is 3.